The van der Waals surface area contributed by atoms with Gasteiger partial charge in [-0.1, -0.05) is 36.4 Å². The van der Waals surface area contributed by atoms with Gasteiger partial charge in [-0.15, -0.1) is 0 Å². The number of hydrogen-bond donors (Lipinski definition) is 0. The van der Waals surface area contributed by atoms with Crippen molar-refractivity contribution in [3.05, 3.63) is 48.5 Å². The van der Waals surface area contributed by atoms with Crippen molar-refractivity contribution in [1.29, 1.82) is 0 Å². The van der Waals surface area contributed by atoms with Crippen molar-refractivity contribution in [3.8, 4) is 0 Å². The van der Waals surface area contributed by atoms with Gasteiger partial charge >= 0.3 is 0 Å². The van der Waals surface area contributed by atoms with Gasteiger partial charge in [-0.05, 0) is 33.7 Å². The van der Waals surface area contributed by atoms with Crippen molar-refractivity contribution < 1.29 is 4.42 Å². The Morgan fingerprint density at radius 2 is 1.47 bits per heavy atom. The molecule has 17 heavy (non-hydrogen) atoms. The van der Waals surface area contributed by atoms with Crippen LogP contribution >= 0.6 is 0 Å². The van der Waals surface area contributed by atoms with Gasteiger partial charge in [0.25, 0.3) is 0 Å². The molecule has 0 N–H and O–H groups in total. The van der Waals surface area contributed by atoms with Gasteiger partial charge in [-0.3, -0.25) is 0 Å². The normalized spacial score (nSPS) is 12.7. The van der Waals surface area contributed by atoms with Crippen LogP contribution in [0.4, 0.5) is 0 Å². The number of fused-ring (bicyclic) bond motifs is 2. The van der Waals surface area contributed by atoms with E-state index in [9.17, 15) is 0 Å². The second-order valence-corrected chi connectivity index (χ2v) is 4.66. The van der Waals surface area contributed by atoms with Gasteiger partial charge in [0.2, 0.25) is 0 Å². The summed E-state index contributed by atoms with van der Waals surface area (Å²) in [6, 6.07) is 17.3. The minimum atomic E-state index is 1.04. The van der Waals surface area contributed by atoms with Crippen molar-refractivity contribution in [1.82, 2.24) is 0 Å². The summed E-state index contributed by atoms with van der Waals surface area (Å²) in [6.07, 6.45) is 0. The van der Waals surface area contributed by atoms with E-state index < -0.39 is 0 Å². The molecule has 78 valence electrons. The predicted molar refractivity (Wildman–Crippen MR) is 71.1 cm³/mol. The molecule has 0 radical (unpaired) electrons. The first-order valence-corrected chi connectivity index (χ1v) is 5.80. The first-order chi connectivity index (χ1) is 8.42. The second-order valence-electron chi connectivity index (χ2n) is 4.66. The van der Waals surface area contributed by atoms with Crippen molar-refractivity contribution >= 4 is 43.5 Å². The minimum absolute atomic E-state index is 1.04. The molecule has 0 aliphatic rings. The topological polar surface area (TPSA) is 13.1 Å². The molecule has 0 unspecified atom stereocenters. The Kier molecular flexibility index (Phi) is 1.09. The predicted octanol–water partition coefficient (Wildman–Crippen LogP) is 4.77. The molecule has 1 heterocycles. The highest BCUT2D eigenvalue weighted by molar-refractivity contribution is 6.28. The van der Waals surface area contributed by atoms with Crippen LogP contribution in [0.2, 0.25) is 0 Å². The average Bonchev–Trinajstić information content (AvgIpc) is 3.14. The smallest absolute Gasteiger partial charge is 0.178 e. The van der Waals surface area contributed by atoms with Gasteiger partial charge in [0.1, 0.15) is 0 Å². The van der Waals surface area contributed by atoms with E-state index in [2.05, 4.69) is 48.5 Å². The van der Waals surface area contributed by atoms with Crippen molar-refractivity contribution in [2.24, 2.45) is 0 Å². The monoisotopic (exact) mass is 216 g/mol. The summed E-state index contributed by atoms with van der Waals surface area (Å²) in [7, 11) is 0. The van der Waals surface area contributed by atoms with Crippen LogP contribution in [0, 0.1) is 0 Å². The maximum absolute atomic E-state index is 5.53. The fraction of sp³-hybridized carbons (Fsp3) is 0. The standard InChI is InChI=1S/C16H8O/c1-2-9-4-5-11-8-13-16(17-13)12-7-6-10(3-1)14(9)15(11)12/h1-8H. The third-order valence-electron chi connectivity index (χ3n) is 3.73. The largest absolute Gasteiger partial charge is 0.449 e. The summed E-state index contributed by atoms with van der Waals surface area (Å²) in [5.74, 6) is 0. The van der Waals surface area contributed by atoms with Crippen LogP contribution in [0.15, 0.2) is 52.9 Å². The van der Waals surface area contributed by atoms with Crippen LogP contribution in [-0.2, 0) is 0 Å². The zero-order valence-electron chi connectivity index (χ0n) is 9.03. The Morgan fingerprint density at radius 1 is 0.706 bits per heavy atom. The maximum Gasteiger partial charge on any atom is 0.178 e. The van der Waals surface area contributed by atoms with Gasteiger partial charge < -0.3 is 4.42 Å². The maximum atomic E-state index is 5.53. The van der Waals surface area contributed by atoms with Crippen LogP contribution in [0.25, 0.3) is 43.5 Å². The zero-order valence-corrected chi connectivity index (χ0v) is 9.03. The summed E-state index contributed by atoms with van der Waals surface area (Å²) in [5, 5.41) is 7.85. The molecule has 0 saturated heterocycles. The molecule has 0 amide bonds. The van der Waals surface area contributed by atoms with E-state index in [0.717, 1.165) is 11.2 Å². The molecule has 0 aliphatic carbocycles. The Balaban J connectivity index is 2.31. The van der Waals surface area contributed by atoms with Crippen molar-refractivity contribution in [2.75, 3.05) is 0 Å². The van der Waals surface area contributed by atoms with Crippen LogP contribution in [0.3, 0.4) is 0 Å². The second kappa shape index (κ2) is 2.35. The summed E-state index contributed by atoms with van der Waals surface area (Å²) in [4.78, 5) is 0. The summed E-state index contributed by atoms with van der Waals surface area (Å²) in [6.45, 7) is 0. The molecule has 0 saturated carbocycles. The lowest BCUT2D eigenvalue weighted by Crippen LogP contribution is -1.81. The zero-order chi connectivity index (χ0) is 11.0. The molecule has 0 aliphatic heterocycles. The summed E-state index contributed by atoms with van der Waals surface area (Å²) >= 11 is 0. The van der Waals surface area contributed by atoms with Crippen LogP contribution in [-0.4, -0.2) is 0 Å². The SMILES string of the molecule is c1cc2ccc3cc4oc4c4ccc(c1)c2c34. The highest BCUT2D eigenvalue weighted by Gasteiger charge is 2.16. The van der Waals surface area contributed by atoms with Gasteiger partial charge in [-0.25, -0.2) is 0 Å². The Hall–Kier alpha value is -2.28. The van der Waals surface area contributed by atoms with Crippen LogP contribution in [0.1, 0.15) is 0 Å². The fourth-order valence-corrected chi connectivity index (χ4v) is 2.93. The molecule has 0 bridgehead atoms. The molecule has 1 nitrogen and oxygen atoms in total. The van der Waals surface area contributed by atoms with Gasteiger partial charge in [0.15, 0.2) is 11.2 Å². The number of rotatable bonds is 0. The third kappa shape index (κ3) is 0.828. The highest BCUT2D eigenvalue weighted by Crippen LogP contribution is 2.41. The summed E-state index contributed by atoms with van der Waals surface area (Å²) in [5.41, 5.74) is 2.10. The fourth-order valence-electron chi connectivity index (χ4n) is 2.93. The van der Waals surface area contributed by atoms with E-state index in [1.165, 1.54) is 32.3 Å². The molecule has 0 atom stereocenters. The van der Waals surface area contributed by atoms with Gasteiger partial charge in [0.05, 0.1) is 0 Å². The van der Waals surface area contributed by atoms with E-state index in [0.29, 0.717) is 0 Å². The van der Waals surface area contributed by atoms with Gasteiger partial charge in [-0.2, -0.15) is 0 Å². The van der Waals surface area contributed by atoms with Crippen LogP contribution in [0.5, 0.6) is 0 Å². The first-order valence-electron chi connectivity index (χ1n) is 5.80. The lowest BCUT2D eigenvalue weighted by atomic mass is 9.94. The lowest BCUT2D eigenvalue weighted by Gasteiger charge is -2.08. The molecule has 5 rings (SSSR count). The Bertz CT molecular complexity index is 959. The van der Waals surface area contributed by atoms with E-state index in [4.69, 9.17) is 4.42 Å². The average molecular weight is 216 g/mol. The molecular weight excluding hydrogens is 208 g/mol. The molecule has 0 spiro atoms. The van der Waals surface area contributed by atoms with Crippen molar-refractivity contribution in [3.63, 3.8) is 0 Å². The Morgan fingerprint density at radius 3 is 2.35 bits per heavy atom. The number of hydrogen-bond acceptors (Lipinski definition) is 1. The molecule has 1 aromatic heterocycles. The molecule has 5 aromatic rings. The lowest BCUT2D eigenvalue weighted by molar-refractivity contribution is 0.760. The molecule has 0 fully saturated rings. The van der Waals surface area contributed by atoms with E-state index in [1.807, 2.05) is 0 Å². The molecule has 4 aromatic carbocycles. The van der Waals surface area contributed by atoms with E-state index >= 15 is 0 Å². The van der Waals surface area contributed by atoms with Gasteiger partial charge in [0, 0.05) is 10.8 Å². The summed E-state index contributed by atoms with van der Waals surface area (Å²) < 4.78 is 5.53. The van der Waals surface area contributed by atoms with Crippen LogP contribution < -0.4 is 0 Å². The van der Waals surface area contributed by atoms with E-state index in [-0.39, 0.29) is 0 Å². The molecular formula is C16H8O. The minimum Gasteiger partial charge on any atom is -0.449 e. The van der Waals surface area contributed by atoms with Crippen molar-refractivity contribution in [2.45, 2.75) is 0 Å². The molecule has 1 heteroatoms. The first kappa shape index (κ1) is 7.91. The Labute approximate surface area is 96.9 Å². The number of benzene rings is 4. The highest BCUT2D eigenvalue weighted by atomic mass is 16.4. The van der Waals surface area contributed by atoms with E-state index in [1.54, 1.807) is 0 Å². The third-order valence-corrected chi connectivity index (χ3v) is 3.73. The quantitative estimate of drug-likeness (QED) is 0.340.